The molecule has 0 amide bonds. The smallest absolute Gasteiger partial charge is 0.0832 e. The molecule has 0 bridgehead atoms. The van der Waals surface area contributed by atoms with Gasteiger partial charge in [-0.25, -0.2) is 0 Å². The van der Waals surface area contributed by atoms with Gasteiger partial charge in [-0.3, -0.25) is 0 Å². The van der Waals surface area contributed by atoms with Crippen molar-refractivity contribution in [3.8, 4) is 0 Å². The van der Waals surface area contributed by atoms with Gasteiger partial charge in [0.1, 0.15) is 0 Å². The van der Waals surface area contributed by atoms with E-state index in [1.54, 1.807) is 0 Å². The fraction of sp³-hybridized carbons (Fsp3) is 0.364. The third kappa shape index (κ3) is 4.27. The third-order valence-corrected chi connectivity index (χ3v) is 7.22. The zero-order chi connectivity index (χ0) is 21.3. The number of halogens is 4. The van der Waals surface area contributed by atoms with E-state index in [0.717, 1.165) is 48.7 Å². The van der Waals surface area contributed by atoms with Crippen LogP contribution in [0.25, 0.3) is 5.57 Å². The number of benzene rings is 2. The van der Waals surface area contributed by atoms with E-state index in [4.69, 9.17) is 55.9 Å². The normalized spacial score (nSPS) is 17.3. The summed E-state index contributed by atoms with van der Waals surface area (Å²) in [5, 5.41) is 1.92. The summed E-state index contributed by atoms with van der Waals surface area (Å²) in [5.74, 6) is 0. The molecule has 2 aromatic carbocycles. The standard InChI is InChI=1S/C22H22Cl4N2O2/c1-14(15-2-4-17(21(25)19(15)23)27-6-10-29-11-7-27)16-3-5-18(22(26)20(16)24)28-8-12-30-13-9-28/h2-5H,1,6-13H2. The van der Waals surface area contributed by atoms with Crippen molar-refractivity contribution < 1.29 is 9.47 Å². The van der Waals surface area contributed by atoms with Gasteiger partial charge in [0, 0.05) is 37.3 Å². The molecule has 30 heavy (non-hydrogen) atoms. The van der Waals surface area contributed by atoms with Crippen LogP contribution in [0.4, 0.5) is 11.4 Å². The van der Waals surface area contributed by atoms with Gasteiger partial charge in [-0.1, -0.05) is 65.1 Å². The summed E-state index contributed by atoms with van der Waals surface area (Å²) in [6, 6.07) is 7.80. The highest BCUT2D eigenvalue weighted by atomic mass is 35.5. The first-order chi connectivity index (χ1) is 14.5. The first-order valence-corrected chi connectivity index (χ1v) is 11.3. The largest absolute Gasteiger partial charge is 0.378 e. The van der Waals surface area contributed by atoms with Gasteiger partial charge in [-0.05, 0) is 17.7 Å². The highest BCUT2D eigenvalue weighted by Gasteiger charge is 2.22. The lowest BCUT2D eigenvalue weighted by molar-refractivity contribution is 0.122. The van der Waals surface area contributed by atoms with Crippen LogP contribution in [0.5, 0.6) is 0 Å². The average Bonchev–Trinajstić information content (AvgIpc) is 2.78. The van der Waals surface area contributed by atoms with Crippen LogP contribution in [0, 0.1) is 0 Å². The van der Waals surface area contributed by atoms with Crippen LogP contribution < -0.4 is 9.80 Å². The first-order valence-electron chi connectivity index (χ1n) is 9.80. The number of hydrogen-bond donors (Lipinski definition) is 0. The molecule has 2 aliphatic heterocycles. The summed E-state index contributed by atoms with van der Waals surface area (Å²) in [6.45, 7) is 10.0. The number of hydrogen-bond acceptors (Lipinski definition) is 4. The van der Waals surface area contributed by atoms with Crippen molar-refractivity contribution in [3.63, 3.8) is 0 Å². The number of morpholine rings is 2. The fourth-order valence-electron chi connectivity index (χ4n) is 3.79. The molecule has 160 valence electrons. The van der Waals surface area contributed by atoms with E-state index < -0.39 is 0 Å². The minimum absolute atomic E-state index is 0.454. The van der Waals surface area contributed by atoms with Gasteiger partial charge in [0.05, 0.1) is 57.9 Å². The predicted molar refractivity (Wildman–Crippen MR) is 127 cm³/mol. The topological polar surface area (TPSA) is 24.9 Å². The monoisotopic (exact) mass is 486 g/mol. The molecule has 0 spiro atoms. The van der Waals surface area contributed by atoms with Crippen molar-refractivity contribution in [2.24, 2.45) is 0 Å². The molecule has 2 fully saturated rings. The maximum Gasteiger partial charge on any atom is 0.0832 e. The maximum atomic E-state index is 6.66. The molecule has 0 N–H and O–H groups in total. The first kappa shape index (κ1) is 22.1. The molecule has 4 nitrogen and oxygen atoms in total. The van der Waals surface area contributed by atoms with Gasteiger partial charge >= 0.3 is 0 Å². The molecule has 2 heterocycles. The van der Waals surface area contributed by atoms with Crippen LogP contribution in [0.1, 0.15) is 11.1 Å². The number of ether oxygens (including phenoxy) is 2. The number of nitrogens with zero attached hydrogens (tertiary/aromatic N) is 2. The quantitative estimate of drug-likeness (QED) is 0.525. The van der Waals surface area contributed by atoms with Crippen LogP contribution in [0.3, 0.4) is 0 Å². The fourth-order valence-corrected chi connectivity index (χ4v) is 4.90. The van der Waals surface area contributed by atoms with E-state index in [1.165, 1.54) is 0 Å². The third-order valence-electron chi connectivity index (χ3n) is 5.48. The summed E-state index contributed by atoms with van der Waals surface area (Å²) in [4.78, 5) is 4.34. The van der Waals surface area contributed by atoms with E-state index in [9.17, 15) is 0 Å². The molecule has 8 heteroatoms. The lowest BCUT2D eigenvalue weighted by Crippen LogP contribution is -2.36. The minimum Gasteiger partial charge on any atom is -0.378 e. The van der Waals surface area contributed by atoms with Gasteiger partial charge in [-0.15, -0.1) is 0 Å². The Kier molecular flexibility index (Phi) is 7.03. The molecule has 4 rings (SSSR count). The van der Waals surface area contributed by atoms with Crippen molar-refractivity contribution in [1.29, 1.82) is 0 Å². The highest BCUT2D eigenvalue weighted by molar-refractivity contribution is 6.46. The minimum atomic E-state index is 0.454. The molecule has 0 aliphatic carbocycles. The second-order valence-electron chi connectivity index (χ2n) is 7.20. The van der Waals surface area contributed by atoms with Gasteiger partial charge in [0.25, 0.3) is 0 Å². The Morgan fingerprint density at radius 2 is 1.00 bits per heavy atom. The van der Waals surface area contributed by atoms with Gasteiger partial charge in [0.15, 0.2) is 0 Å². The predicted octanol–water partition coefficient (Wildman–Crippen LogP) is 6.03. The van der Waals surface area contributed by atoms with Crippen molar-refractivity contribution >= 4 is 63.4 Å². The van der Waals surface area contributed by atoms with Crippen LogP contribution in [-0.2, 0) is 9.47 Å². The van der Waals surface area contributed by atoms with E-state index >= 15 is 0 Å². The Morgan fingerprint density at radius 1 is 0.633 bits per heavy atom. The van der Waals surface area contributed by atoms with Crippen molar-refractivity contribution in [1.82, 2.24) is 0 Å². The van der Waals surface area contributed by atoms with Crippen LogP contribution in [-0.4, -0.2) is 52.6 Å². The lowest BCUT2D eigenvalue weighted by Gasteiger charge is -2.30. The summed E-state index contributed by atoms with van der Waals surface area (Å²) in [5.41, 5.74) is 3.93. The van der Waals surface area contributed by atoms with E-state index in [0.29, 0.717) is 52.1 Å². The average molecular weight is 488 g/mol. The molecular formula is C22H22Cl4N2O2. The van der Waals surface area contributed by atoms with Crippen molar-refractivity contribution in [2.75, 3.05) is 62.4 Å². The Balaban J connectivity index is 1.64. The zero-order valence-corrected chi connectivity index (χ0v) is 19.4. The molecular weight excluding hydrogens is 466 g/mol. The molecule has 0 unspecified atom stereocenters. The Hall–Kier alpha value is -1.14. The van der Waals surface area contributed by atoms with Crippen LogP contribution in [0.2, 0.25) is 20.1 Å². The second-order valence-corrected chi connectivity index (χ2v) is 8.71. The molecule has 0 radical (unpaired) electrons. The van der Waals surface area contributed by atoms with E-state index in [1.807, 2.05) is 24.3 Å². The maximum absolute atomic E-state index is 6.66. The molecule has 0 aromatic heterocycles. The second kappa shape index (κ2) is 9.56. The molecule has 2 aliphatic rings. The Labute approximate surface area is 196 Å². The van der Waals surface area contributed by atoms with E-state index in [2.05, 4.69) is 16.4 Å². The molecule has 2 saturated heterocycles. The Bertz CT molecular complexity index is 879. The van der Waals surface area contributed by atoms with Crippen LogP contribution >= 0.6 is 46.4 Å². The van der Waals surface area contributed by atoms with Gasteiger partial charge in [-0.2, -0.15) is 0 Å². The summed E-state index contributed by atoms with van der Waals surface area (Å²) in [6.07, 6.45) is 0. The molecule has 0 atom stereocenters. The van der Waals surface area contributed by atoms with E-state index in [-0.39, 0.29) is 0 Å². The number of rotatable bonds is 4. The van der Waals surface area contributed by atoms with Crippen molar-refractivity contribution in [2.45, 2.75) is 0 Å². The Morgan fingerprint density at radius 3 is 1.37 bits per heavy atom. The SMILES string of the molecule is C=C(c1ccc(N2CCOCC2)c(Cl)c1Cl)c1ccc(N2CCOCC2)c(Cl)c1Cl. The summed E-state index contributed by atoms with van der Waals surface area (Å²) in [7, 11) is 0. The zero-order valence-electron chi connectivity index (χ0n) is 16.4. The summed E-state index contributed by atoms with van der Waals surface area (Å²) < 4.78 is 10.8. The summed E-state index contributed by atoms with van der Waals surface area (Å²) >= 11 is 26.6. The van der Waals surface area contributed by atoms with Crippen molar-refractivity contribution in [3.05, 3.63) is 62.1 Å². The highest BCUT2D eigenvalue weighted by Crippen LogP contribution is 2.43. The van der Waals surface area contributed by atoms with Gasteiger partial charge < -0.3 is 19.3 Å². The molecule has 2 aromatic rings. The molecule has 0 saturated carbocycles. The lowest BCUT2D eigenvalue weighted by atomic mass is 9.98. The number of anilines is 2. The van der Waals surface area contributed by atoms with Gasteiger partial charge in [0.2, 0.25) is 0 Å². The van der Waals surface area contributed by atoms with Crippen LogP contribution in [0.15, 0.2) is 30.8 Å².